The molecule has 0 bridgehead atoms. The summed E-state index contributed by atoms with van der Waals surface area (Å²) >= 11 is 0. The fourth-order valence-corrected chi connectivity index (χ4v) is 2.10. The molecule has 9 heteroatoms. The zero-order valence-electron chi connectivity index (χ0n) is 11.6. The second kappa shape index (κ2) is 6.29. The van der Waals surface area contributed by atoms with Gasteiger partial charge >= 0.3 is 18.3 Å². The first-order valence-corrected chi connectivity index (χ1v) is 6.67. The van der Waals surface area contributed by atoms with E-state index in [9.17, 15) is 31.1 Å². The third-order valence-electron chi connectivity index (χ3n) is 3.24. The van der Waals surface area contributed by atoms with Gasteiger partial charge in [0.05, 0.1) is 17.7 Å². The maximum absolute atomic E-state index is 12.7. The van der Waals surface area contributed by atoms with Crippen LogP contribution in [0.2, 0.25) is 0 Å². The lowest BCUT2D eigenvalue weighted by molar-refractivity contribution is -0.144. The van der Waals surface area contributed by atoms with Crippen molar-refractivity contribution in [2.75, 3.05) is 6.61 Å². The molecule has 1 saturated heterocycles. The van der Waals surface area contributed by atoms with E-state index in [-0.39, 0.29) is 31.5 Å². The van der Waals surface area contributed by atoms with Crippen LogP contribution >= 0.6 is 0 Å². The second-order valence-electron chi connectivity index (χ2n) is 5.03. The number of alkyl halides is 6. The number of halogens is 6. The second-order valence-corrected chi connectivity index (χ2v) is 5.03. The van der Waals surface area contributed by atoms with Crippen molar-refractivity contribution in [2.45, 2.75) is 37.7 Å². The molecule has 1 aliphatic heterocycles. The minimum atomic E-state index is -4.92. The summed E-state index contributed by atoms with van der Waals surface area (Å²) < 4.78 is 85.9. The van der Waals surface area contributed by atoms with Crippen molar-refractivity contribution in [2.24, 2.45) is 0 Å². The fraction of sp³-hybridized carbons (Fsp3) is 0.500. The number of benzene rings is 1. The summed E-state index contributed by atoms with van der Waals surface area (Å²) in [5.74, 6) is -0.912. The van der Waals surface area contributed by atoms with E-state index in [1.54, 1.807) is 0 Å². The van der Waals surface area contributed by atoms with Crippen molar-refractivity contribution in [3.63, 3.8) is 0 Å². The van der Waals surface area contributed by atoms with Crippen LogP contribution < -0.4 is 4.74 Å². The van der Waals surface area contributed by atoms with Crippen LogP contribution in [0, 0.1) is 0 Å². The molecular formula is C14H12F6O3. The molecule has 1 atom stereocenters. The lowest BCUT2D eigenvalue weighted by Gasteiger charge is -2.15. The molecular weight excluding hydrogens is 330 g/mol. The number of carbonyl (C=O) groups excluding carboxylic acids is 1. The van der Waals surface area contributed by atoms with E-state index >= 15 is 0 Å². The molecule has 0 aliphatic carbocycles. The number of rotatable bonds is 4. The Hall–Kier alpha value is -1.93. The first-order valence-electron chi connectivity index (χ1n) is 6.67. The van der Waals surface area contributed by atoms with E-state index in [4.69, 9.17) is 9.47 Å². The Balaban J connectivity index is 2.09. The van der Waals surface area contributed by atoms with Crippen LogP contribution in [0.4, 0.5) is 26.3 Å². The van der Waals surface area contributed by atoms with Crippen molar-refractivity contribution in [1.29, 1.82) is 0 Å². The highest BCUT2D eigenvalue weighted by molar-refractivity contribution is 5.71. The van der Waals surface area contributed by atoms with Crippen molar-refractivity contribution in [1.82, 2.24) is 0 Å². The molecule has 0 N–H and O–H groups in total. The predicted octanol–water partition coefficient (Wildman–Crippen LogP) is 4.20. The summed E-state index contributed by atoms with van der Waals surface area (Å²) in [6.45, 7) is -0.156. The van der Waals surface area contributed by atoms with E-state index in [1.807, 2.05) is 0 Å². The van der Waals surface area contributed by atoms with Crippen LogP contribution in [0.3, 0.4) is 0 Å². The summed E-state index contributed by atoms with van der Waals surface area (Å²) in [5.41, 5.74) is -2.87. The quantitative estimate of drug-likeness (QED) is 0.608. The fourth-order valence-electron chi connectivity index (χ4n) is 2.10. The van der Waals surface area contributed by atoms with Gasteiger partial charge in [-0.2, -0.15) is 26.3 Å². The topological polar surface area (TPSA) is 35.5 Å². The Morgan fingerprint density at radius 3 is 2.04 bits per heavy atom. The number of hydrogen-bond donors (Lipinski definition) is 0. The van der Waals surface area contributed by atoms with E-state index in [0.717, 1.165) is 0 Å². The van der Waals surface area contributed by atoms with Gasteiger partial charge in [0.25, 0.3) is 0 Å². The average molecular weight is 342 g/mol. The molecule has 0 amide bonds. The summed E-state index contributed by atoms with van der Waals surface area (Å²) in [6, 6.07) is 1.05. The third-order valence-corrected chi connectivity index (χ3v) is 3.24. The summed E-state index contributed by atoms with van der Waals surface area (Å²) in [6.07, 6.45) is -9.36. The SMILES string of the molecule is O=C1CCC(CCOc2cc(C(F)(F)F)cc(C(F)(F)F)c2)O1. The van der Waals surface area contributed by atoms with E-state index < -0.39 is 35.3 Å². The molecule has 3 nitrogen and oxygen atoms in total. The van der Waals surface area contributed by atoms with Crippen LogP contribution in [0.15, 0.2) is 18.2 Å². The van der Waals surface area contributed by atoms with Gasteiger partial charge in [0.15, 0.2) is 0 Å². The third kappa shape index (κ3) is 4.77. The zero-order valence-corrected chi connectivity index (χ0v) is 11.6. The minimum Gasteiger partial charge on any atom is -0.493 e. The summed E-state index contributed by atoms with van der Waals surface area (Å²) in [4.78, 5) is 10.9. The normalized spacial score (nSPS) is 18.9. The molecule has 1 aromatic rings. The van der Waals surface area contributed by atoms with Gasteiger partial charge in [-0.25, -0.2) is 0 Å². The largest absolute Gasteiger partial charge is 0.493 e. The maximum atomic E-state index is 12.7. The van der Waals surface area contributed by atoms with Gasteiger partial charge in [0.2, 0.25) is 0 Å². The Morgan fingerprint density at radius 2 is 1.61 bits per heavy atom. The van der Waals surface area contributed by atoms with Gasteiger partial charge in [-0.15, -0.1) is 0 Å². The number of carbonyl (C=O) groups is 1. The lowest BCUT2D eigenvalue weighted by Crippen LogP contribution is -2.14. The van der Waals surface area contributed by atoms with Gasteiger partial charge in [-0.05, 0) is 24.6 Å². The van der Waals surface area contributed by atoms with Crippen LogP contribution in [-0.2, 0) is 21.9 Å². The summed E-state index contributed by atoms with van der Waals surface area (Å²) in [5, 5.41) is 0. The highest BCUT2D eigenvalue weighted by Crippen LogP contribution is 2.38. The molecule has 0 aromatic heterocycles. The molecule has 2 rings (SSSR count). The van der Waals surface area contributed by atoms with Crippen LogP contribution in [0.5, 0.6) is 5.75 Å². The van der Waals surface area contributed by atoms with Gasteiger partial charge < -0.3 is 9.47 Å². The monoisotopic (exact) mass is 342 g/mol. The average Bonchev–Trinajstić information content (AvgIpc) is 2.82. The Bertz CT molecular complexity index is 547. The molecule has 1 unspecified atom stereocenters. The van der Waals surface area contributed by atoms with Crippen molar-refractivity contribution in [3.8, 4) is 5.75 Å². The van der Waals surface area contributed by atoms with Gasteiger partial charge in [0, 0.05) is 12.8 Å². The van der Waals surface area contributed by atoms with Crippen LogP contribution in [-0.4, -0.2) is 18.7 Å². The van der Waals surface area contributed by atoms with Gasteiger partial charge in [-0.1, -0.05) is 0 Å². The number of esters is 1. The molecule has 128 valence electrons. The van der Waals surface area contributed by atoms with Crippen LogP contribution in [0.1, 0.15) is 30.4 Å². The standard InChI is InChI=1S/C14H12F6O3/c15-13(16,17)8-5-9(14(18,19)20)7-11(6-8)22-4-3-10-1-2-12(21)23-10/h5-7,10H,1-4H2. The molecule has 0 spiro atoms. The predicted molar refractivity (Wildman–Crippen MR) is 65.7 cm³/mol. The number of cyclic esters (lactones) is 1. The first kappa shape index (κ1) is 17.4. The van der Waals surface area contributed by atoms with E-state index in [0.29, 0.717) is 18.6 Å². The van der Waals surface area contributed by atoms with Crippen molar-refractivity contribution in [3.05, 3.63) is 29.3 Å². The lowest BCUT2D eigenvalue weighted by atomic mass is 10.1. The molecule has 1 aliphatic rings. The molecule has 0 radical (unpaired) electrons. The molecule has 1 fully saturated rings. The highest BCUT2D eigenvalue weighted by atomic mass is 19.4. The first-order chi connectivity index (χ1) is 10.6. The molecule has 23 heavy (non-hydrogen) atoms. The van der Waals surface area contributed by atoms with Crippen LogP contribution in [0.25, 0.3) is 0 Å². The molecule has 1 heterocycles. The van der Waals surface area contributed by atoms with Crippen molar-refractivity contribution >= 4 is 5.97 Å². The molecule has 1 aromatic carbocycles. The Morgan fingerprint density at radius 1 is 1.04 bits per heavy atom. The summed E-state index contributed by atoms with van der Waals surface area (Å²) in [7, 11) is 0. The van der Waals surface area contributed by atoms with E-state index in [2.05, 4.69) is 0 Å². The van der Waals surface area contributed by atoms with E-state index in [1.165, 1.54) is 0 Å². The Kier molecular flexibility index (Phi) is 4.76. The number of hydrogen-bond acceptors (Lipinski definition) is 3. The number of ether oxygens (including phenoxy) is 2. The minimum absolute atomic E-state index is 0.0333. The van der Waals surface area contributed by atoms with Crippen molar-refractivity contribution < 1.29 is 40.6 Å². The highest BCUT2D eigenvalue weighted by Gasteiger charge is 2.37. The van der Waals surface area contributed by atoms with Gasteiger partial charge in [0.1, 0.15) is 11.9 Å². The zero-order chi connectivity index (χ0) is 17.3. The maximum Gasteiger partial charge on any atom is 0.416 e. The smallest absolute Gasteiger partial charge is 0.416 e. The molecule has 0 saturated carbocycles. The van der Waals surface area contributed by atoms with Gasteiger partial charge in [-0.3, -0.25) is 4.79 Å². The Labute approximate surface area is 127 Å².